The maximum absolute atomic E-state index is 12.8. The predicted molar refractivity (Wildman–Crippen MR) is 101 cm³/mol. The molecule has 142 valence electrons. The zero-order valence-electron chi connectivity index (χ0n) is 14.6. The second-order valence-corrected chi connectivity index (χ2v) is 8.89. The number of carbonyl (C=O) groups excluding carboxylic acids is 2. The lowest BCUT2D eigenvalue weighted by Gasteiger charge is -2.17. The van der Waals surface area contributed by atoms with Crippen molar-refractivity contribution in [3.8, 4) is 0 Å². The number of esters is 1. The van der Waals surface area contributed by atoms with E-state index in [2.05, 4.69) is 4.74 Å². The van der Waals surface area contributed by atoms with Crippen LogP contribution in [0.25, 0.3) is 0 Å². The third-order valence-electron chi connectivity index (χ3n) is 4.57. The van der Waals surface area contributed by atoms with Gasteiger partial charge in [0.15, 0.2) is 9.84 Å². The van der Waals surface area contributed by atoms with Crippen molar-refractivity contribution < 1.29 is 22.7 Å². The molecule has 1 unspecified atom stereocenters. The fourth-order valence-corrected chi connectivity index (χ4v) is 4.85. The van der Waals surface area contributed by atoms with Crippen molar-refractivity contribution in [2.75, 3.05) is 20.2 Å². The summed E-state index contributed by atoms with van der Waals surface area (Å²) in [6.07, 6.45) is 0.372. The third-order valence-corrected chi connectivity index (χ3v) is 7.01. The van der Waals surface area contributed by atoms with Gasteiger partial charge in [-0.1, -0.05) is 11.6 Å². The number of rotatable bonds is 4. The Kier molecular flexibility index (Phi) is 5.53. The maximum Gasteiger partial charge on any atom is 0.337 e. The Balaban J connectivity index is 1.72. The molecule has 0 bridgehead atoms. The quantitative estimate of drug-likeness (QED) is 0.728. The second kappa shape index (κ2) is 7.70. The summed E-state index contributed by atoms with van der Waals surface area (Å²) < 4.78 is 30.2. The lowest BCUT2D eigenvalue weighted by molar-refractivity contribution is 0.0600. The molecule has 1 aliphatic rings. The van der Waals surface area contributed by atoms with Crippen molar-refractivity contribution in [1.82, 2.24) is 4.90 Å². The molecule has 1 heterocycles. The Hall–Kier alpha value is -2.38. The summed E-state index contributed by atoms with van der Waals surface area (Å²) >= 11 is 5.82. The van der Waals surface area contributed by atoms with Gasteiger partial charge in [0, 0.05) is 23.7 Å². The minimum absolute atomic E-state index is 0.128. The molecule has 1 amide bonds. The van der Waals surface area contributed by atoms with Gasteiger partial charge in [0.1, 0.15) is 0 Å². The molecule has 0 N–H and O–H groups in total. The van der Waals surface area contributed by atoms with E-state index in [9.17, 15) is 18.0 Å². The zero-order valence-corrected chi connectivity index (χ0v) is 16.2. The Bertz CT molecular complexity index is 955. The average molecular weight is 408 g/mol. The average Bonchev–Trinajstić information content (AvgIpc) is 3.18. The van der Waals surface area contributed by atoms with Crippen molar-refractivity contribution >= 4 is 33.3 Å². The first-order valence-corrected chi connectivity index (χ1v) is 10.2. The topological polar surface area (TPSA) is 80.8 Å². The zero-order chi connectivity index (χ0) is 19.6. The molecule has 0 aliphatic carbocycles. The number of carbonyl (C=O) groups is 2. The van der Waals surface area contributed by atoms with Crippen LogP contribution >= 0.6 is 11.6 Å². The Morgan fingerprint density at radius 3 is 2.22 bits per heavy atom. The van der Waals surface area contributed by atoms with Crippen molar-refractivity contribution in [3.63, 3.8) is 0 Å². The first kappa shape index (κ1) is 19.4. The fraction of sp³-hybridized carbons (Fsp3) is 0.263. The highest BCUT2D eigenvalue weighted by Gasteiger charge is 2.36. The molecule has 1 aliphatic heterocycles. The van der Waals surface area contributed by atoms with Gasteiger partial charge in [-0.15, -0.1) is 0 Å². The van der Waals surface area contributed by atoms with Gasteiger partial charge in [-0.3, -0.25) is 4.79 Å². The summed E-state index contributed by atoms with van der Waals surface area (Å²) in [4.78, 5) is 25.8. The Morgan fingerprint density at radius 2 is 1.63 bits per heavy atom. The van der Waals surface area contributed by atoms with Crippen molar-refractivity contribution in [1.29, 1.82) is 0 Å². The van der Waals surface area contributed by atoms with Crippen LogP contribution < -0.4 is 0 Å². The van der Waals surface area contributed by atoms with E-state index >= 15 is 0 Å². The van der Waals surface area contributed by atoms with E-state index in [1.807, 2.05) is 0 Å². The molecule has 1 fully saturated rings. The fourth-order valence-electron chi connectivity index (χ4n) is 3.03. The van der Waals surface area contributed by atoms with Gasteiger partial charge < -0.3 is 9.64 Å². The summed E-state index contributed by atoms with van der Waals surface area (Å²) in [7, 11) is -2.25. The number of sulfone groups is 1. The van der Waals surface area contributed by atoms with Crippen LogP contribution in [0.15, 0.2) is 53.4 Å². The predicted octanol–water partition coefficient (Wildman–Crippen LogP) is 2.82. The summed E-state index contributed by atoms with van der Waals surface area (Å²) in [5, 5.41) is -0.190. The first-order valence-electron chi connectivity index (χ1n) is 8.30. The number of benzene rings is 2. The van der Waals surface area contributed by atoms with Crippen LogP contribution in [0.2, 0.25) is 5.02 Å². The number of halogens is 1. The van der Waals surface area contributed by atoms with Gasteiger partial charge in [-0.2, -0.15) is 0 Å². The highest BCUT2D eigenvalue weighted by Crippen LogP contribution is 2.26. The van der Waals surface area contributed by atoms with Crippen LogP contribution in [-0.2, 0) is 14.6 Å². The molecular formula is C19H18ClNO5S. The van der Waals surface area contributed by atoms with Crippen LogP contribution in [0.4, 0.5) is 0 Å². The van der Waals surface area contributed by atoms with Crippen LogP contribution in [0.3, 0.4) is 0 Å². The van der Waals surface area contributed by atoms with E-state index in [1.165, 1.54) is 60.5 Å². The van der Waals surface area contributed by atoms with Crippen molar-refractivity contribution in [2.45, 2.75) is 16.6 Å². The lowest BCUT2D eigenvalue weighted by atomic mass is 10.1. The van der Waals surface area contributed by atoms with Gasteiger partial charge in [0.2, 0.25) is 0 Å². The van der Waals surface area contributed by atoms with Crippen LogP contribution in [0.5, 0.6) is 0 Å². The summed E-state index contributed by atoms with van der Waals surface area (Å²) in [6.45, 7) is 0.484. The molecule has 6 nitrogen and oxygen atoms in total. The first-order chi connectivity index (χ1) is 12.8. The smallest absolute Gasteiger partial charge is 0.337 e. The molecule has 2 aromatic carbocycles. The van der Waals surface area contributed by atoms with Crippen LogP contribution in [-0.4, -0.2) is 50.6 Å². The van der Waals surface area contributed by atoms with E-state index in [1.54, 1.807) is 0 Å². The van der Waals surface area contributed by atoms with Crippen LogP contribution in [0, 0.1) is 0 Å². The number of hydrogen-bond donors (Lipinski definition) is 0. The molecule has 0 saturated carbocycles. The molecule has 0 aromatic heterocycles. The normalized spacial score (nSPS) is 17.0. The number of hydrogen-bond acceptors (Lipinski definition) is 5. The number of nitrogens with zero attached hydrogens (tertiary/aromatic N) is 1. The standard InChI is InChI=1S/C19H18ClNO5S/c1-26-19(23)14-4-2-13(3-5-14)18(22)21-11-10-17(12-21)27(24,25)16-8-6-15(20)7-9-16/h2-9,17H,10-12H2,1H3. The van der Waals surface area contributed by atoms with Gasteiger partial charge in [-0.25, -0.2) is 13.2 Å². The van der Waals surface area contributed by atoms with E-state index in [0.29, 0.717) is 29.1 Å². The molecule has 1 atom stereocenters. The Labute approximate surface area is 162 Å². The van der Waals surface area contributed by atoms with Gasteiger partial charge in [-0.05, 0) is 55.0 Å². The van der Waals surface area contributed by atoms with Crippen molar-refractivity contribution in [3.05, 3.63) is 64.7 Å². The monoisotopic (exact) mass is 407 g/mol. The maximum atomic E-state index is 12.8. The molecule has 8 heteroatoms. The molecule has 0 spiro atoms. The van der Waals surface area contributed by atoms with Gasteiger partial charge in [0.05, 0.1) is 22.8 Å². The SMILES string of the molecule is COC(=O)c1ccc(C(=O)N2CCC(S(=O)(=O)c3ccc(Cl)cc3)C2)cc1. The van der Waals surface area contributed by atoms with E-state index in [4.69, 9.17) is 11.6 Å². The minimum atomic E-state index is -3.54. The number of ether oxygens (including phenoxy) is 1. The lowest BCUT2D eigenvalue weighted by Crippen LogP contribution is -2.32. The molecule has 3 rings (SSSR count). The summed E-state index contributed by atoms with van der Waals surface area (Å²) in [5.41, 5.74) is 0.742. The molecule has 0 radical (unpaired) electrons. The summed E-state index contributed by atoms with van der Waals surface area (Å²) in [5.74, 6) is -0.746. The number of likely N-dealkylation sites (tertiary alicyclic amines) is 1. The molecule has 27 heavy (non-hydrogen) atoms. The highest BCUT2D eigenvalue weighted by molar-refractivity contribution is 7.92. The minimum Gasteiger partial charge on any atom is -0.465 e. The highest BCUT2D eigenvalue weighted by atomic mass is 35.5. The molecular weight excluding hydrogens is 390 g/mol. The second-order valence-electron chi connectivity index (χ2n) is 6.23. The molecule has 1 saturated heterocycles. The van der Waals surface area contributed by atoms with Crippen LogP contribution in [0.1, 0.15) is 27.1 Å². The van der Waals surface area contributed by atoms with E-state index in [-0.39, 0.29) is 17.3 Å². The summed E-state index contributed by atoms with van der Waals surface area (Å²) in [6, 6.07) is 12.1. The van der Waals surface area contributed by atoms with E-state index in [0.717, 1.165) is 0 Å². The largest absolute Gasteiger partial charge is 0.465 e. The van der Waals surface area contributed by atoms with Crippen molar-refractivity contribution in [2.24, 2.45) is 0 Å². The van der Waals surface area contributed by atoms with Gasteiger partial charge in [0.25, 0.3) is 5.91 Å². The number of methoxy groups -OCH3 is 1. The Morgan fingerprint density at radius 1 is 1.04 bits per heavy atom. The molecule has 2 aromatic rings. The third kappa shape index (κ3) is 3.99. The van der Waals surface area contributed by atoms with Gasteiger partial charge >= 0.3 is 5.97 Å². The number of amides is 1. The van der Waals surface area contributed by atoms with E-state index < -0.39 is 21.1 Å².